The van der Waals surface area contributed by atoms with Crippen molar-refractivity contribution in [2.24, 2.45) is 5.73 Å². The van der Waals surface area contributed by atoms with Crippen LogP contribution in [0.1, 0.15) is 11.8 Å². The minimum atomic E-state index is -4.79. The SMILES string of the molecule is NCC(Oc1ccccc1OC(F)(F)F)c1ccccn1. The molecule has 0 amide bonds. The molecule has 0 radical (unpaired) electrons. The number of nitrogens with zero attached hydrogens (tertiary/aromatic N) is 1. The van der Waals surface area contributed by atoms with Crippen molar-refractivity contribution in [1.29, 1.82) is 0 Å². The van der Waals surface area contributed by atoms with Crippen LogP contribution in [0.5, 0.6) is 11.5 Å². The molecule has 1 atom stereocenters. The van der Waals surface area contributed by atoms with Crippen molar-refractivity contribution in [2.75, 3.05) is 6.54 Å². The number of pyridine rings is 1. The highest BCUT2D eigenvalue weighted by Crippen LogP contribution is 2.34. The number of alkyl halides is 3. The quantitative estimate of drug-likeness (QED) is 0.921. The largest absolute Gasteiger partial charge is 0.573 e. The molecule has 2 N–H and O–H groups in total. The van der Waals surface area contributed by atoms with Gasteiger partial charge in [0.2, 0.25) is 0 Å². The summed E-state index contributed by atoms with van der Waals surface area (Å²) in [5.74, 6) is -0.463. The van der Waals surface area contributed by atoms with Crippen LogP contribution in [0, 0.1) is 0 Å². The van der Waals surface area contributed by atoms with E-state index in [0.29, 0.717) is 5.69 Å². The lowest BCUT2D eigenvalue weighted by Gasteiger charge is -2.19. The van der Waals surface area contributed by atoms with Crippen LogP contribution in [-0.4, -0.2) is 17.9 Å². The average molecular weight is 298 g/mol. The fraction of sp³-hybridized carbons (Fsp3) is 0.214. The second kappa shape index (κ2) is 6.45. The predicted molar refractivity (Wildman–Crippen MR) is 69.8 cm³/mol. The molecule has 0 fully saturated rings. The molecule has 2 aromatic rings. The highest BCUT2D eigenvalue weighted by atomic mass is 19.4. The number of rotatable bonds is 5. The highest BCUT2D eigenvalue weighted by molar-refractivity contribution is 5.40. The van der Waals surface area contributed by atoms with E-state index >= 15 is 0 Å². The van der Waals surface area contributed by atoms with E-state index in [2.05, 4.69) is 9.72 Å². The Morgan fingerprint density at radius 2 is 1.71 bits per heavy atom. The van der Waals surface area contributed by atoms with Gasteiger partial charge < -0.3 is 15.2 Å². The monoisotopic (exact) mass is 298 g/mol. The summed E-state index contributed by atoms with van der Waals surface area (Å²) < 4.78 is 46.5. The van der Waals surface area contributed by atoms with Crippen LogP contribution in [0.2, 0.25) is 0 Å². The summed E-state index contributed by atoms with van der Waals surface area (Å²) in [5, 5.41) is 0. The number of aromatic nitrogens is 1. The number of nitrogens with two attached hydrogens (primary N) is 1. The lowest BCUT2D eigenvalue weighted by Crippen LogP contribution is -2.21. The Hall–Kier alpha value is -2.28. The fourth-order valence-electron chi connectivity index (χ4n) is 1.71. The van der Waals surface area contributed by atoms with Gasteiger partial charge in [-0.05, 0) is 24.3 Å². The summed E-state index contributed by atoms with van der Waals surface area (Å²) in [6, 6.07) is 10.7. The molecule has 7 heteroatoms. The molecule has 0 aliphatic heterocycles. The molecule has 21 heavy (non-hydrogen) atoms. The first-order chi connectivity index (χ1) is 9.99. The summed E-state index contributed by atoms with van der Waals surface area (Å²) in [6.07, 6.45) is -3.90. The molecule has 1 unspecified atom stereocenters. The van der Waals surface area contributed by atoms with E-state index in [1.165, 1.54) is 18.2 Å². The van der Waals surface area contributed by atoms with Crippen LogP contribution >= 0.6 is 0 Å². The lowest BCUT2D eigenvalue weighted by molar-refractivity contribution is -0.275. The number of halogens is 3. The van der Waals surface area contributed by atoms with Crippen molar-refractivity contribution in [3.05, 3.63) is 54.4 Å². The Kier molecular flexibility index (Phi) is 4.64. The molecule has 2 rings (SSSR count). The van der Waals surface area contributed by atoms with Crippen molar-refractivity contribution in [3.8, 4) is 11.5 Å². The van der Waals surface area contributed by atoms with Gasteiger partial charge >= 0.3 is 6.36 Å². The number of benzene rings is 1. The van der Waals surface area contributed by atoms with Gasteiger partial charge in [0.15, 0.2) is 17.6 Å². The first-order valence-electron chi connectivity index (χ1n) is 6.12. The maximum atomic E-state index is 12.3. The molecule has 0 bridgehead atoms. The first-order valence-corrected chi connectivity index (χ1v) is 6.12. The van der Waals surface area contributed by atoms with Crippen molar-refractivity contribution < 1.29 is 22.6 Å². The first kappa shape index (κ1) is 15.1. The minimum Gasteiger partial charge on any atom is -0.479 e. The molecule has 1 heterocycles. The summed E-state index contributed by atoms with van der Waals surface area (Å²) >= 11 is 0. The van der Waals surface area contributed by atoms with Gasteiger partial charge in [-0.3, -0.25) is 4.98 Å². The standard InChI is InChI=1S/C14H13F3N2O2/c15-14(16,17)21-12-7-2-1-6-11(12)20-13(9-18)10-5-3-4-8-19-10/h1-8,13H,9,18H2. The second-order valence-electron chi connectivity index (χ2n) is 4.09. The normalized spacial score (nSPS) is 12.8. The molecule has 4 nitrogen and oxygen atoms in total. The van der Waals surface area contributed by atoms with Gasteiger partial charge in [0.25, 0.3) is 0 Å². The molecular weight excluding hydrogens is 285 g/mol. The van der Waals surface area contributed by atoms with Gasteiger partial charge in [0.05, 0.1) is 5.69 Å². The summed E-state index contributed by atoms with van der Waals surface area (Å²) in [4.78, 5) is 4.08. The maximum absolute atomic E-state index is 12.3. The van der Waals surface area contributed by atoms with Crippen LogP contribution in [0.25, 0.3) is 0 Å². The predicted octanol–water partition coefficient (Wildman–Crippen LogP) is 3.06. The second-order valence-corrected chi connectivity index (χ2v) is 4.09. The van der Waals surface area contributed by atoms with Crippen molar-refractivity contribution in [1.82, 2.24) is 4.98 Å². The van der Waals surface area contributed by atoms with E-state index in [1.54, 1.807) is 30.5 Å². The van der Waals surface area contributed by atoms with Gasteiger partial charge in [-0.2, -0.15) is 0 Å². The number of para-hydroxylation sites is 2. The van der Waals surface area contributed by atoms with E-state index < -0.39 is 18.2 Å². The zero-order valence-corrected chi connectivity index (χ0v) is 10.9. The number of hydrogen-bond donors (Lipinski definition) is 1. The smallest absolute Gasteiger partial charge is 0.479 e. The van der Waals surface area contributed by atoms with E-state index in [-0.39, 0.29) is 12.3 Å². The Balaban J connectivity index is 2.22. The number of ether oxygens (including phenoxy) is 2. The van der Waals surface area contributed by atoms with Gasteiger partial charge in [0, 0.05) is 12.7 Å². The summed E-state index contributed by atoms with van der Waals surface area (Å²) in [5.41, 5.74) is 6.13. The lowest BCUT2D eigenvalue weighted by atomic mass is 10.2. The van der Waals surface area contributed by atoms with E-state index in [1.807, 2.05) is 0 Å². The van der Waals surface area contributed by atoms with Gasteiger partial charge in [-0.1, -0.05) is 18.2 Å². The molecule has 1 aromatic heterocycles. The van der Waals surface area contributed by atoms with E-state index in [9.17, 15) is 13.2 Å². The topological polar surface area (TPSA) is 57.4 Å². The third kappa shape index (κ3) is 4.35. The molecule has 0 aliphatic rings. The summed E-state index contributed by atoms with van der Waals surface area (Å²) in [7, 11) is 0. The third-order valence-electron chi connectivity index (χ3n) is 2.58. The average Bonchev–Trinajstić information content (AvgIpc) is 2.45. The van der Waals surface area contributed by atoms with Crippen molar-refractivity contribution in [3.63, 3.8) is 0 Å². The van der Waals surface area contributed by atoms with Crippen LogP contribution in [-0.2, 0) is 0 Å². The van der Waals surface area contributed by atoms with Crippen LogP contribution in [0.3, 0.4) is 0 Å². The van der Waals surface area contributed by atoms with Gasteiger partial charge in [-0.15, -0.1) is 13.2 Å². The van der Waals surface area contributed by atoms with Crippen molar-refractivity contribution in [2.45, 2.75) is 12.5 Å². The van der Waals surface area contributed by atoms with Gasteiger partial charge in [0.1, 0.15) is 0 Å². The maximum Gasteiger partial charge on any atom is 0.573 e. The Morgan fingerprint density at radius 1 is 1.05 bits per heavy atom. The van der Waals surface area contributed by atoms with Gasteiger partial charge in [-0.25, -0.2) is 0 Å². The van der Waals surface area contributed by atoms with Crippen LogP contribution < -0.4 is 15.2 Å². The Bertz CT molecular complexity index is 576. The molecule has 0 aliphatic carbocycles. The molecule has 1 aromatic carbocycles. The van der Waals surface area contributed by atoms with Crippen molar-refractivity contribution >= 4 is 0 Å². The fourth-order valence-corrected chi connectivity index (χ4v) is 1.71. The van der Waals surface area contributed by atoms with Crippen LogP contribution in [0.4, 0.5) is 13.2 Å². The molecule has 0 saturated heterocycles. The summed E-state index contributed by atoms with van der Waals surface area (Å²) in [6.45, 7) is 0.0668. The minimum absolute atomic E-state index is 0.0454. The molecule has 112 valence electrons. The van der Waals surface area contributed by atoms with E-state index in [0.717, 1.165) is 0 Å². The third-order valence-corrected chi connectivity index (χ3v) is 2.58. The Morgan fingerprint density at radius 3 is 2.29 bits per heavy atom. The Labute approximate surface area is 119 Å². The molecule has 0 spiro atoms. The van der Waals surface area contributed by atoms with Crippen LogP contribution in [0.15, 0.2) is 48.7 Å². The molecular formula is C14H13F3N2O2. The highest BCUT2D eigenvalue weighted by Gasteiger charge is 2.32. The zero-order valence-electron chi connectivity index (χ0n) is 10.9. The zero-order chi connectivity index (χ0) is 15.3. The number of hydrogen-bond acceptors (Lipinski definition) is 4. The van der Waals surface area contributed by atoms with E-state index in [4.69, 9.17) is 10.5 Å². The molecule has 0 saturated carbocycles.